The molecule has 0 radical (unpaired) electrons. The Morgan fingerprint density at radius 1 is 1.00 bits per heavy atom. The molecule has 0 saturated heterocycles. The SMILES string of the molecule is COc1ccc(C(=O)O)cc1NC(=O)c1cc(C)cc(C)c1. The second-order valence-electron chi connectivity index (χ2n) is 5.05. The first-order valence-corrected chi connectivity index (χ1v) is 6.71. The van der Waals surface area contributed by atoms with E-state index in [1.165, 1.54) is 25.3 Å². The van der Waals surface area contributed by atoms with Gasteiger partial charge in [0.1, 0.15) is 5.75 Å². The normalized spacial score (nSPS) is 10.1. The Morgan fingerprint density at radius 2 is 1.64 bits per heavy atom. The van der Waals surface area contributed by atoms with E-state index < -0.39 is 5.97 Å². The smallest absolute Gasteiger partial charge is 0.335 e. The Hall–Kier alpha value is -2.82. The third kappa shape index (κ3) is 3.44. The van der Waals surface area contributed by atoms with Gasteiger partial charge in [-0.1, -0.05) is 17.2 Å². The second kappa shape index (κ2) is 6.30. The lowest BCUT2D eigenvalue weighted by Crippen LogP contribution is -2.13. The summed E-state index contributed by atoms with van der Waals surface area (Å²) in [5.74, 6) is -0.972. The molecule has 2 rings (SSSR count). The van der Waals surface area contributed by atoms with Gasteiger partial charge >= 0.3 is 5.97 Å². The number of hydrogen-bond acceptors (Lipinski definition) is 3. The van der Waals surface area contributed by atoms with Crippen LogP contribution < -0.4 is 10.1 Å². The zero-order chi connectivity index (χ0) is 16.3. The van der Waals surface area contributed by atoms with Crippen LogP contribution in [0.5, 0.6) is 5.75 Å². The maximum atomic E-state index is 12.4. The van der Waals surface area contributed by atoms with Crippen molar-refractivity contribution >= 4 is 17.6 Å². The maximum absolute atomic E-state index is 12.4. The predicted octanol–water partition coefficient (Wildman–Crippen LogP) is 3.26. The van der Waals surface area contributed by atoms with Crippen LogP contribution in [0.3, 0.4) is 0 Å². The average molecular weight is 299 g/mol. The van der Waals surface area contributed by atoms with Crippen LogP contribution in [0.4, 0.5) is 5.69 Å². The van der Waals surface area contributed by atoms with Crippen molar-refractivity contribution in [2.45, 2.75) is 13.8 Å². The van der Waals surface area contributed by atoms with Crippen molar-refractivity contribution in [3.63, 3.8) is 0 Å². The number of carboxylic acid groups (broad SMARTS) is 1. The molecule has 2 aromatic rings. The number of amides is 1. The molecule has 0 atom stereocenters. The van der Waals surface area contributed by atoms with E-state index in [-0.39, 0.29) is 11.5 Å². The predicted molar refractivity (Wildman–Crippen MR) is 83.8 cm³/mol. The van der Waals surface area contributed by atoms with E-state index in [0.29, 0.717) is 17.0 Å². The van der Waals surface area contributed by atoms with Gasteiger partial charge in [0.2, 0.25) is 0 Å². The number of aromatic carboxylic acids is 1. The molecule has 1 amide bonds. The van der Waals surface area contributed by atoms with Gasteiger partial charge in [-0.25, -0.2) is 4.79 Å². The van der Waals surface area contributed by atoms with Gasteiger partial charge < -0.3 is 15.2 Å². The molecule has 5 heteroatoms. The lowest BCUT2D eigenvalue weighted by atomic mass is 10.1. The van der Waals surface area contributed by atoms with Gasteiger partial charge in [-0.15, -0.1) is 0 Å². The third-order valence-electron chi connectivity index (χ3n) is 3.18. The molecule has 5 nitrogen and oxygen atoms in total. The molecule has 0 heterocycles. The Kier molecular flexibility index (Phi) is 4.46. The minimum atomic E-state index is -1.07. The molecule has 0 aliphatic carbocycles. The quantitative estimate of drug-likeness (QED) is 0.908. The summed E-state index contributed by atoms with van der Waals surface area (Å²) in [5.41, 5.74) is 2.89. The van der Waals surface area contributed by atoms with E-state index in [1.807, 2.05) is 19.9 Å². The summed E-state index contributed by atoms with van der Waals surface area (Å²) in [5, 5.41) is 11.7. The molecular formula is C17H17NO4. The molecule has 0 saturated carbocycles. The first-order chi connectivity index (χ1) is 10.4. The monoisotopic (exact) mass is 299 g/mol. The van der Waals surface area contributed by atoms with Crippen molar-refractivity contribution in [1.82, 2.24) is 0 Å². The Labute approximate surface area is 128 Å². The molecule has 2 aromatic carbocycles. The number of benzene rings is 2. The molecule has 0 aliphatic rings. The first-order valence-electron chi connectivity index (χ1n) is 6.71. The van der Waals surface area contributed by atoms with Gasteiger partial charge in [-0.3, -0.25) is 4.79 Å². The highest BCUT2D eigenvalue weighted by atomic mass is 16.5. The number of rotatable bonds is 4. The van der Waals surface area contributed by atoms with E-state index in [9.17, 15) is 9.59 Å². The molecule has 22 heavy (non-hydrogen) atoms. The van der Waals surface area contributed by atoms with Crippen LogP contribution in [0.2, 0.25) is 0 Å². The number of anilines is 1. The van der Waals surface area contributed by atoms with Gasteiger partial charge in [0.05, 0.1) is 18.4 Å². The Morgan fingerprint density at radius 3 is 2.18 bits per heavy atom. The topological polar surface area (TPSA) is 75.6 Å². The van der Waals surface area contributed by atoms with Gasteiger partial charge in [-0.2, -0.15) is 0 Å². The molecular weight excluding hydrogens is 282 g/mol. The molecule has 0 bridgehead atoms. The summed E-state index contributed by atoms with van der Waals surface area (Å²) >= 11 is 0. The van der Waals surface area contributed by atoms with Crippen molar-refractivity contribution in [3.05, 3.63) is 58.7 Å². The second-order valence-corrected chi connectivity index (χ2v) is 5.05. The fraction of sp³-hybridized carbons (Fsp3) is 0.176. The zero-order valence-electron chi connectivity index (χ0n) is 12.6. The Bertz CT molecular complexity index is 717. The number of methoxy groups -OCH3 is 1. The lowest BCUT2D eigenvalue weighted by Gasteiger charge is -2.12. The van der Waals surface area contributed by atoms with E-state index >= 15 is 0 Å². The van der Waals surface area contributed by atoms with Crippen LogP contribution in [0.15, 0.2) is 36.4 Å². The van der Waals surface area contributed by atoms with Crippen LogP contribution in [0.1, 0.15) is 31.8 Å². The van der Waals surface area contributed by atoms with Crippen LogP contribution in [-0.4, -0.2) is 24.1 Å². The number of carbonyl (C=O) groups is 2. The summed E-state index contributed by atoms with van der Waals surface area (Å²) in [6.45, 7) is 3.82. The van der Waals surface area contributed by atoms with Gasteiger partial charge in [0.25, 0.3) is 5.91 Å². The third-order valence-corrected chi connectivity index (χ3v) is 3.18. The van der Waals surface area contributed by atoms with E-state index in [1.54, 1.807) is 12.1 Å². The van der Waals surface area contributed by atoms with Crippen LogP contribution in [0.25, 0.3) is 0 Å². The highest BCUT2D eigenvalue weighted by molar-refractivity contribution is 6.06. The van der Waals surface area contributed by atoms with Crippen molar-refractivity contribution in [2.24, 2.45) is 0 Å². The molecule has 114 valence electrons. The number of ether oxygens (including phenoxy) is 1. The summed E-state index contributed by atoms with van der Waals surface area (Å²) < 4.78 is 5.16. The molecule has 0 fully saturated rings. The minimum absolute atomic E-state index is 0.0801. The standard InChI is InChI=1S/C17H17NO4/c1-10-6-11(2)8-13(7-10)16(19)18-14-9-12(17(20)21)4-5-15(14)22-3/h4-9H,1-3H3,(H,18,19)(H,20,21). The van der Waals surface area contributed by atoms with Crippen LogP contribution in [0, 0.1) is 13.8 Å². The molecule has 2 N–H and O–H groups in total. The number of hydrogen-bond donors (Lipinski definition) is 2. The summed E-state index contributed by atoms with van der Waals surface area (Å²) in [6.07, 6.45) is 0. The number of carbonyl (C=O) groups excluding carboxylic acids is 1. The van der Waals surface area contributed by atoms with Crippen molar-refractivity contribution in [3.8, 4) is 5.75 Å². The summed E-state index contributed by atoms with van der Waals surface area (Å²) in [7, 11) is 1.46. The number of nitrogens with one attached hydrogen (secondary N) is 1. The summed E-state index contributed by atoms with van der Waals surface area (Å²) in [6, 6.07) is 9.84. The fourth-order valence-corrected chi connectivity index (χ4v) is 2.24. The van der Waals surface area contributed by atoms with Crippen molar-refractivity contribution in [2.75, 3.05) is 12.4 Å². The summed E-state index contributed by atoms with van der Waals surface area (Å²) in [4.78, 5) is 23.4. The van der Waals surface area contributed by atoms with Crippen LogP contribution >= 0.6 is 0 Å². The lowest BCUT2D eigenvalue weighted by molar-refractivity contribution is 0.0696. The van der Waals surface area contributed by atoms with Crippen molar-refractivity contribution < 1.29 is 19.4 Å². The van der Waals surface area contributed by atoms with E-state index in [2.05, 4.69) is 5.32 Å². The average Bonchev–Trinajstić information content (AvgIpc) is 2.46. The maximum Gasteiger partial charge on any atom is 0.335 e. The largest absolute Gasteiger partial charge is 0.495 e. The van der Waals surface area contributed by atoms with Crippen molar-refractivity contribution in [1.29, 1.82) is 0 Å². The van der Waals surface area contributed by atoms with Gasteiger partial charge in [0, 0.05) is 5.56 Å². The van der Waals surface area contributed by atoms with E-state index in [4.69, 9.17) is 9.84 Å². The molecule has 0 unspecified atom stereocenters. The molecule has 0 aliphatic heterocycles. The highest BCUT2D eigenvalue weighted by Crippen LogP contribution is 2.26. The number of aryl methyl sites for hydroxylation is 2. The van der Waals surface area contributed by atoms with E-state index in [0.717, 1.165) is 11.1 Å². The van der Waals surface area contributed by atoms with Gasteiger partial charge in [0.15, 0.2) is 0 Å². The van der Waals surface area contributed by atoms with Gasteiger partial charge in [-0.05, 0) is 44.2 Å². The minimum Gasteiger partial charge on any atom is -0.495 e. The zero-order valence-corrected chi connectivity index (χ0v) is 12.6. The molecule has 0 spiro atoms. The van der Waals surface area contributed by atoms with Crippen LogP contribution in [-0.2, 0) is 0 Å². The highest BCUT2D eigenvalue weighted by Gasteiger charge is 2.13. The number of carboxylic acids is 1. The molecule has 0 aromatic heterocycles. The first kappa shape index (κ1) is 15.6. The fourth-order valence-electron chi connectivity index (χ4n) is 2.24. The Balaban J connectivity index is 2.34.